The van der Waals surface area contributed by atoms with Crippen LogP contribution in [0.4, 0.5) is 4.39 Å². The first-order valence-electron chi connectivity index (χ1n) is 6.49. The van der Waals surface area contributed by atoms with Gasteiger partial charge in [-0.25, -0.2) is 4.39 Å². The summed E-state index contributed by atoms with van der Waals surface area (Å²) in [5, 5.41) is 0.384. The molecule has 1 heterocycles. The van der Waals surface area contributed by atoms with E-state index in [-0.39, 0.29) is 11.6 Å². The number of carbonyl (C=O) groups is 1. The number of benzene rings is 1. The number of alkyl halides is 1. The van der Waals surface area contributed by atoms with Crippen molar-refractivity contribution in [1.29, 1.82) is 0 Å². The number of rotatable bonds is 5. The van der Waals surface area contributed by atoms with Crippen molar-refractivity contribution in [3.05, 3.63) is 58.7 Å². The van der Waals surface area contributed by atoms with Gasteiger partial charge in [0.25, 0.3) is 0 Å². The highest BCUT2D eigenvalue weighted by atomic mass is 79.9. The van der Waals surface area contributed by atoms with E-state index in [9.17, 15) is 9.18 Å². The molecule has 0 amide bonds. The molecule has 106 valence electrons. The fraction of sp³-hybridized carbons (Fsp3) is 0.312. The molecule has 0 bridgehead atoms. The van der Waals surface area contributed by atoms with Gasteiger partial charge < -0.3 is 4.57 Å². The highest BCUT2D eigenvalue weighted by Crippen LogP contribution is 2.18. The van der Waals surface area contributed by atoms with Crippen molar-refractivity contribution in [2.45, 2.75) is 26.8 Å². The molecule has 0 aliphatic heterocycles. The molecule has 1 aromatic carbocycles. The Morgan fingerprint density at radius 3 is 2.50 bits per heavy atom. The molecule has 0 aliphatic rings. The van der Waals surface area contributed by atoms with Gasteiger partial charge in [0.05, 0.1) is 5.33 Å². The summed E-state index contributed by atoms with van der Waals surface area (Å²) in [4.78, 5) is 11.6. The first-order valence-corrected chi connectivity index (χ1v) is 7.61. The van der Waals surface area contributed by atoms with E-state index in [0.29, 0.717) is 18.3 Å². The second-order valence-electron chi connectivity index (χ2n) is 4.96. The van der Waals surface area contributed by atoms with E-state index in [1.807, 2.05) is 13.8 Å². The normalized spacial score (nSPS) is 10.8. The van der Waals surface area contributed by atoms with Crippen molar-refractivity contribution in [3.63, 3.8) is 0 Å². The Morgan fingerprint density at radius 1 is 1.25 bits per heavy atom. The van der Waals surface area contributed by atoms with Gasteiger partial charge in [-0.05, 0) is 43.2 Å². The Labute approximate surface area is 126 Å². The molecule has 0 atom stereocenters. The van der Waals surface area contributed by atoms with Gasteiger partial charge in [0, 0.05) is 24.4 Å². The van der Waals surface area contributed by atoms with Crippen LogP contribution in [0.1, 0.15) is 22.5 Å². The summed E-state index contributed by atoms with van der Waals surface area (Å²) in [7, 11) is 0. The summed E-state index contributed by atoms with van der Waals surface area (Å²) in [6, 6.07) is 8.58. The molecule has 0 saturated carbocycles. The van der Waals surface area contributed by atoms with Gasteiger partial charge in [0.2, 0.25) is 0 Å². The Kier molecular flexibility index (Phi) is 4.76. The average Bonchev–Trinajstić information content (AvgIpc) is 2.68. The van der Waals surface area contributed by atoms with Gasteiger partial charge in [-0.3, -0.25) is 4.79 Å². The molecule has 0 N–H and O–H groups in total. The molecule has 2 rings (SSSR count). The number of aryl methyl sites for hydroxylation is 1. The monoisotopic (exact) mass is 337 g/mol. The van der Waals surface area contributed by atoms with Crippen LogP contribution in [0.15, 0.2) is 30.3 Å². The lowest BCUT2D eigenvalue weighted by atomic mass is 10.1. The lowest BCUT2D eigenvalue weighted by Crippen LogP contribution is -2.07. The summed E-state index contributed by atoms with van der Waals surface area (Å²) in [5.41, 5.74) is 4.32. The summed E-state index contributed by atoms with van der Waals surface area (Å²) in [6.07, 6.45) is 0.453. The fourth-order valence-corrected chi connectivity index (χ4v) is 2.52. The van der Waals surface area contributed by atoms with Crippen LogP contribution in [0.25, 0.3) is 0 Å². The number of hydrogen-bond acceptors (Lipinski definition) is 1. The van der Waals surface area contributed by atoms with E-state index in [1.165, 1.54) is 12.1 Å². The third-order valence-electron chi connectivity index (χ3n) is 3.47. The predicted molar refractivity (Wildman–Crippen MR) is 81.9 cm³/mol. The number of Topliss-reactive ketones (excluding diaryl/α,β-unsaturated/α-hetero) is 1. The highest BCUT2D eigenvalue weighted by molar-refractivity contribution is 9.09. The molecule has 2 nitrogen and oxygen atoms in total. The molecule has 0 unspecified atom stereocenters. The molecule has 0 radical (unpaired) electrons. The second kappa shape index (κ2) is 6.35. The molecule has 0 aliphatic carbocycles. The average molecular weight is 338 g/mol. The molecule has 4 heteroatoms. The standard InChI is InChI=1S/C16H17BrFNO/c1-11-7-14(8-16(20)9-17)12(2)19(11)10-13-3-5-15(18)6-4-13/h3-7H,8-10H2,1-2H3. The van der Waals surface area contributed by atoms with Crippen molar-refractivity contribution in [3.8, 4) is 0 Å². The number of halogens is 2. The maximum atomic E-state index is 12.9. The van der Waals surface area contributed by atoms with Crippen LogP contribution in [0.2, 0.25) is 0 Å². The van der Waals surface area contributed by atoms with Crippen LogP contribution in [0, 0.1) is 19.7 Å². The van der Waals surface area contributed by atoms with Crippen molar-refractivity contribution < 1.29 is 9.18 Å². The Hall–Kier alpha value is -1.42. The molecule has 1 aromatic heterocycles. The smallest absolute Gasteiger partial charge is 0.147 e. The van der Waals surface area contributed by atoms with Crippen LogP contribution in [0.3, 0.4) is 0 Å². The van der Waals surface area contributed by atoms with Gasteiger partial charge in [-0.1, -0.05) is 28.1 Å². The third-order valence-corrected chi connectivity index (χ3v) is 4.09. The molecular formula is C16H17BrFNO. The number of carbonyl (C=O) groups excluding carboxylic acids is 1. The van der Waals surface area contributed by atoms with Crippen molar-refractivity contribution in [2.75, 3.05) is 5.33 Å². The molecule has 0 saturated heterocycles. The van der Waals surface area contributed by atoms with Crippen LogP contribution >= 0.6 is 15.9 Å². The van der Waals surface area contributed by atoms with Crippen molar-refractivity contribution in [2.24, 2.45) is 0 Å². The van der Waals surface area contributed by atoms with Gasteiger partial charge in [-0.2, -0.15) is 0 Å². The lowest BCUT2D eigenvalue weighted by Gasteiger charge is -2.10. The van der Waals surface area contributed by atoms with E-state index in [0.717, 1.165) is 22.5 Å². The van der Waals surface area contributed by atoms with Crippen LogP contribution < -0.4 is 0 Å². The molecular weight excluding hydrogens is 321 g/mol. The van der Waals surface area contributed by atoms with Crippen molar-refractivity contribution >= 4 is 21.7 Å². The van der Waals surface area contributed by atoms with Gasteiger partial charge >= 0.3 is 0 Å². The zero-order valence-electron chi connectivity index (χ0n) is 11.6. The quantitative estimate of drug-likeness (QED) is 0.760. The van der Waals surface area contributed by atoms with E-state index < -0.39 is 0 Å². The lowest BCUT2D eigenvalue weighted by molar-refractivity contribution is -0.115. The van der Waals surface area contributed by atoms with Gasteiger partial charge in [-0.15, -0.1) is 0 Å². The van der Waals surface area contributed by atoms with Crippen molar-refractivity contribution in [1.82, 2.24) is 4.57 Å². The summed E-state index contributed by atoms with van der Waals surface area (Å²) in [6.45, 7) is 4.74. The minimum absolute atomic E-state index is 0.173. The largest absolute Gasteiger partial charge is 0.345 e. The van der Waals surface area contributed by atoms with E-state index in [4.69, 9.17) is 0 Å². The topological polar surface area (TPSA) is 22.0 Å². The molecule has 0 spiro atoms. The predicted octanol–water partition coefficient (Wildman–Crippen LogP) is 3.80. The Balaban J connectivity index is 2.24. The number of ketones is 1. The zero-order chi connectivity index (χ0) is 14.7. The second-order valence-corrected chi connectivity index (χ2v) is 5.52. The first-order chi connectivity index (χ1) is 9.51. The third kappa shape index (κ3) is 3.37. The maximum absolute atomic E-state index is 12.9. The first kappa shape index (κ1) is 15.0. The fourth-order valence-electron chi connectivity index (χ4n) is 2.33. The Morgan fingerprint density at radius 2 is 1.90 bits per heavy atom. The SMILES string of the molecule is Cc1cc(CC(=O)CBr)c(C)n1Cc1ccc(F)cc1. The number of hydrogen-bond donors (Lipinski definition) is 0. The van der Waals surface area contributed by atoms with Crippen LogP contribution in [-0.2, 0) is 17.8 Å². The molecule has 2 aromatic rings. The van der Waals surface area contributed by atoms with Crippen LogP contribution in [-0.4, -0.2) is 15.7 Å². The Bertz CT molecular complexity index is 616. The van der Waals surface area contributed by atoms with E-state index in [2.05, 4.69) is 26.6 Å². The van der Waals surface area contributed by atoms with E-state index in [1.54, 1.807) is 12.1 Å². The highest BCUT2D eigenvalue weighted by Gasteiger charge is 2.12. The van der Waals surface area contributed by atoms with Crippen LogP contribution in [0.5, 0.6) is 0 Å². The summed E-state index contributed by atoms with van der Waals surface area (Å²) in [5.74, 6) is -0.0506. The number of aromatic nitrogens is 1. The number of nitrogens with zero attached hydrogens (tertiary/aromatic N) is 1. The minimum Gasteiger partial charge on any atom is -0.345 e. The molecule has 20 heavy (non-hydrogen) atoms. The van der Waals surface area contributed by atoms with Gasteiger partial charge in [0.1, 0.15) is 11.6 Å². The summed E-state index contributed by atoms with van der Waals surface area (Å²) < 4.78 is 15.1. The minimum atomic E-state index is -0.224. The van der Waals surface area contributed by atoms with E-state index >= 15 is 0 Å². The maximum Gasteiger partial charge on any atom is 0.147 e. The zero-order valence-corrected chi connectivity index (χ0v) is 13.2. The summed E-state index contributed by atoms with van der Waals surface area (Å²) >= 11 is 3.19. The molecule has 0 fully saturated rings. The van der Waals surface area contributed by atoms with Gasteiger partial charge in [0.15, 0.2) is 0 Å².